The largest absolute Gasteiger partial charge is 0.370 e. The number of likely N-dealkylation sites (tertiary alicyclic amines) is 1. The number of nitrogens with zero attached hydrogens (tertiary/aromatic N) is 1. The molecule has 0 unspecified atom stereocenters. The quantitative estimate of drug-likeness (QED) is 0.355. The summed E-state index contributed by atoms with van der Waals surface area (Å²) in [4.78, 5) is 1.89. The average Bonchev–Trinajstić information content (AvgIpc) is 2.05. The fourth-order valence-electron chi connectivity index (χ4n) is 1.48. The van der Waals surface area contributed by atoms with E-state index in [0.717, 1.165) is 19.5 Å². The normalized spacial score (nSPS) is 25.2. The van der Waals surface area contributed by atoms with Crippen LogP contribution in [0.3, 0.4) is 0 Å². The summed E-state index contributed by atoms with van der Waals surface area (Å²) in [6.45, 7) is 2.50. The van der Waals surface area contributed by atoms with Crippen LogP contribution in [-0.2, 0) is 0 Å². The molecule has 0 radical (unpaired) electrons. The van der Waals surface area contributed by atoms with Crippen molar-refractivity contribution in [3.05, 3.63) is 0 Å². The van der Waals surface area contributed by atoms with Gasteiger partial charge in [0.1, 0.15) is 0 Å². The van der Waals surface area contributed by atoms with Gasteiger partial charge in [0.25, 0.3) is 0 Å². The first-order chi connectivity index (χ1) is 5.24. The standard InChI is InChI=1S/C7H16N4/c8-4-6-2-1-3-11(5-6)7(9)10/h6H,1-5,8H2,(H3,9,10)/t6-/m1/s1. The SMILES string of the molecule is N=C(N)N1CCC[C@H](CN)C1. The van der Waals surface area contributed by atoms with Gasteiger partial charge in [0.15, 0.2) is 5.96 Å². The van der Waals surface area contributed by atoms with Crippen LogP contribution in [0.2, 0.25) is 0 Å². The lowest BCUT2D eigenvalue weighted by Gasteiger charge is -2.32. The molecule has 0 aromatic carbocycles. The lowest BCUT2D eigenvalue weighted by molar-refractivity contribution is 0.260. The molecular formula is C7H16N4. The molecule has 4 nitrogen and oxygen atoms in total. The van der Waals surface area contributed by atoms with Gasteiger partial charge in [-0.05, 0) is 25.3 Å². The number of piperidine rings is 1. The molecule has 0 aliphatic carbocycles. The van der Waals surface area contributed by atoms with Crippen LogP contribution in [0.25, 0.3) is 0 Å². The molecule has 1 aliphatic rings. The van der Waals surface area contributed by atoms with E-state index in [1.54, 1.807) is 0 Å². The molecule has 64 valence electrons. The molecule has 4 heteroatoms. The highest BCUT2D eigenvalue weighted by Crippen LogP contribution is 2.13. The van der Waals surface area contributed by atoms with Crippen molar-refractivity contribution in [3.8, 4) is 0 Å². The Balaban J connectivity index is 2.39. The van der Waals surface area contributed by atoms with E-state index in [9.17, 15) is 0 Å². The van der Waals surface area contributed by atoms with Crippen molar-refractivity contribution in [3.63, 3.8) is 0 Å². The Bertz CT molecular complexity index is 145. The van der Waals surface area contributed by atoms with Crippen molar-refractivity contribution in [1.82, 2.24) is 4.90 Å². The van der Waals surface area contributed by atoms with Crippen molar-refractivity contribution in [2.75, 3.05) is 19.6 Å². The van der Waals surface area contributed by atoms with E-state index in [2.05, 4.69) is 0 Å². The first kappa shape index (κ1) is 8.33. The van der Waals surface area contributed by atoms with E-state index in [4.69, 9.17) is 16.9 Å². The molecule has 1 aliphatic heterocycles. The Labute approximate surface area is 67.0 Å². The summed E-state index contributed by atoms with van der Waals surface area (Å²) in [6, 6.07) is 0. The lowest BCUT2D eigenvalue weighted by atomic mass is 9.99. The van der Waals surface area contributed by atoms with Gasteiger partial charge in [0, 0.05) is 13.1 Å². The van der Waals surface area contributed by atoms with Crippen LogP contribution in [0.4, 0.5) is 0 Å². The molecule has 0 spiro atoms. The molecule has 1 saturated heterocycles. The van der Waals surface area contributed by atoms with Crippen LogP contribution < -0.4 is 11.5 Å². The smallest absolute Gasteiger partial charge is 0.188 e. The Morgan fingerprint density at radius 3 is 2.91 bits per heavy atom. The maximum Gasteiger partial charge on any atom is 0.188 e. The first-order valence-electron chi connectivity index (χ1n) is 4.03. The van der Waals surface area contributed by atoms with Gasteiger partial charge in [-0.2, -0.15) is 0 Å². The number of rotatable bonds is 1. The second-order valence-corrected chi connectivity index (χ2v) is 3.08. The van der Waals surface area contributed by atoms with Crippen LogP contribution in [0.15, 0.2) is 0 Å². The summed E-state index contributed by atoms with van der Waals surface area (Å²) in [5, 5.41) is 7.22. The molecule has 1 fully saturated rings. The zero-order valence-electron chi connectivity index (χ0n) is 6.71. The van der Waals surface area contributed by atoms with E-state index in [-0.39, 0.29) is 5.96 Å². The molecule has 0 saturated carbocycles. The Hall–Kier alpha value is -0.770. The van der Waals surface area contributed by atoms with Gasteiger partial charge in [-0.15, -0.1) is 0 Å². The zero-order valence-corrected chi connectivity index (χ0v) is 6.71. The highest BCUT2D eigenvalue weighted by atomic mass is 15.2. The average molecular weight is 156 g/mol. The van der Waals surface area contributed by atoms with Gasteiger partial charge < -0.3 is 16.4 Å². The predicted octanol–water partition coefficient (Wildman–Crippen LogP) is -0.449. The number of hydrogen-bond acceptors (Lipinski definition) is 2. The minimum Gasteiger partial charge on any atom is -0.370 e. The molecule has 1 rings (SSSR count). The van der Waals surface area contributed by atoms with E-state index >= 15 is 0 Å². The minimum absolute atomic E-state index is 0.183. The lowest BCUT2D eigenvalue weighted by Crippen LogP contribution is -2.45. The van der Waals surface area contributed by atoms with Crippen LogP contribution in [0.1, 0.15) is 12.8 Å². The third kappa shape index (κ3) is 2.08. The number of hydrogen-bond donors (Lipinski definition) is 3. The van der Waals surface area contributed by atoms with Crippen molar-refractivity contribution in [2.45, 2.75) is 12.8 Å². The predicted molar refractivity (Wildman–Crippen MR) is 45.3 cm³/mol. The minimum atomic E-state index is 0.183. The second-order valence-electron chi connectivity index (χ2n) is 3.08. The number of nitrogens with one attached hydrogen (secondary N) is 1. The Morgan fingerprint density at radius 2 is 2.36 bits per heavy atom. The van der Waals surface area contributed by atoms with E-state index < -0.39 is 0 Å². The topological polar surface area (TPSA) is 79.1 Å². The number of nitrogens with two attached hydrogens (primary N) is 2. The van der Waals surface area contributed by atoms with Gasteiger partial charge in [-0.3, -0.25) is 5.41 Å². The highest BCUT2D eigenvalue weighted by Gasteiger charge is 2.18. The molecule has 0 bridgehead atoms. The molecule has 1 heterocycles. The van der Waals surface area contributed by atoms with E-state index in [0.29, 0.717) is 12.5 Å². The molecule has 1 atom stereocenters. The third-order valence-electron chi connectivity index (χ3n) is 2.19. The van der Waals surface area contributed by atoms with Gasteiger partial charge in [-0.1, -0.05) is 0 Å². The summed E-state index contributed by atoms with van der Waals surface area (Å²) < 4.78 is 0. The van der Waals surface area contributed by atoms with Gasteiger partial charge in [-0.25, -0.2) is 0 Å². The second kappa shape index (κ2) is 3.57. The molecule has 0 aromatic heterocycles. The number of guanidine groups is 1. The van der Waals surface area contributed by atoms with E-state index in [1.165, 1.54) is 6.42 Å². The first-order valence-corrected chi connectivity index (χ1v) is 4.03. The Kier molecular flexibility index (Phi) is 2.70. The maximum absolute atomic E-state index is 7.22. The monoisotopic (exact) mass is 156 g/mol. The van der Waals surface area contributed by atoms with Gasteiger partial charge in [0.05, 0.1) is 0 Å². The molecule has 5 N–H and O–H groups in total. The third-order valence-corrected chi connectivity index (χ3v) is 2.19. The fourth-order valence-corrected chi connectivity index (χ4v) is 1.48. The fraction of sp³-hybridized carbons (Fsp3) is 0.857. The van der Waals surface area contributed by atoms with Crippen molar-refractivity contribution >= 4 is 5.96 Å². The van der Waals surface area contributed by atoms with Gasteiger partial charge in [0.2, 0.25) is 0 Å². The van der Waals surface area contributed by atoms with Crippen LogP contribution in [0.5, 0.6) is 0 Å². The Morgan fingerprint density at radius 1 is 1.64 bits per heavy atom. The van der Waals surface area contributed by atoms with Crippen LogP contribution in [-0.4, -0.2) is 30.5 Å². The summed E-state index contributed by atoms with van der Waals surface area (Å²) >= 11 is 0. The zero-order chi connectivity index (χ0) is 8.27. The summed E-state index contributed by atoms with van der Waals surface area (Å²) in [5.74, 6) is 0.718. The summed E-state index contributed by atoms with van der Waals surface area (Å²) in [7, 11) is 0. The molecule has 0 aromatic rings. The molecular weight excluding hydrogens is 140 g/mol. The van der Waals surface area contributed by atoms with E-state index in [1.807, 2.05) is 4.90 Å². The maximum atomic E-state index is 7.22. The van der Waals surface area contributed by atoms with Crippen molar-refractivity contribution < 1.29 is 0 Å². The summed E-state index contributed by atoms with van der Waals surface area (Å²) in [6.07, 6.45) is 2.29. The molecule has 0 amide bonds. The van der Waals surface area contributed by atoms with Crippen LogP contribution >= 0.6 is 0 Å². The van der Waals surface area contributed by atoms with Gasteiger partial charge >= 0.3 is 0 Å². The molecule has 11 heavy (non-hydrogen) atoms. The van der Waals surface area contributed by atoms with Crippen molar-refractivity contribution in [2.24, 2.45) is 17.4 Å². The highest BCUT2D eigenvalue weighted by molar-refractivity contribution is 5.74. The van der Waals surface area contributed by atoms with Crippen molar-refractivity contribution in [1.29, 1.82) is 5.41 Å². The van der Waals surface area contributed by atoms with Crippen LogP contribution in [0, 0.1) is 11.3 Å². The summed E-state index contributed by atoms with van der Waals surface area (Å²) in [5.41, 5.74) is 10.9.